The largest absolute Gasteiger partial charge is 0.466 e. The Bertz CT molecular complexity index is 255. The second kappa shape index (κ2) is 6.72. The van der Waals surface area contributed by atoms with Gasteiger partial charge in [-0.3, -0.25) is 0 Å². The highest BCUT2D eigenvalue weighted by molar-refractivity contribution is 5.89. The maximum atomic E-state index is 11.5. The minimum absolute atomic E-state index is 0.136. The van der Waals surface area contributed by atoms with Crippen molar-refractivity contribution in [3.63, 3.8) is 0 Å². The van der Waals surface area contributed by atoms with Gasteiger partial charge in [0.25, 0.3) is 0 Å². The first-order valence-electron chi connectivity index (χ1n) is 6.49. The number of ether oxygens (including phenoxy) is 1. The molecule has 0 aromatic carbocycles. The lowest BCUT2D eigenvalue weighted by molar-refractivity contribution is -0.136. The Morgan fingerprint density at radius 3 is 2.69 bits per heavy atom. The van der Waals surface area contributed by atoms with E-state index in [0.29, 0.717) is 5.92 Å². The summed E-state index contributed by atoms with van der Waals surface area (Å²) < 4.78 is 4.79. The standard InChI is InChI=1S/C14H24O2/c1-4-6-7-8-9-11-10-13(11)12(5-2)14(15)16-3/h5,11,13H,4,6-10H2,1-3H3/b12-5+/t11-,13-/m1/s1. The van der Waals surface area contributed by atoms with Gasteiger partial charge in [-0.05, 0) is 31.6 Å². The molecule has 1 aliphatic rings. The fourth-order valence-electron chi connectivity index (χ4n) is 2.38. The Kier molecular flexibility index (Phi) is 5.58. The van der Waals surface area contributed by atoms with Gasteiger partial charge in [-0.15, -0.1) is 0 Å². The van der Waals surface area contributed by atoms with Crippen LogP contribution < -0.4 is 0 Å². The number of carbonyl (C=O) groups excluding carboxylic acids is 1. The number of hydrogen-bond acceptors (Lipinski definition) is 2. The van der Waals surface area contributed by atoms with Gasteiger partial charge >= 0.3 is 5.97 Å². The third kappa shape index (κ3) is 3.66. The van der Waals surface area contributed by atoms with Crippen LogP contribution in [0.25, 0.3) is 0 Å². The SMILES string of the molecule is C/C=C(/C(=O)OC)[C@@H]1C[C@H]1CCCCCC. The van der Waals surface area contributed by atoms with Crippen molar-refractivity contribution in [2.75, 3.05) is 7.11 Å². The summed E-state index contributed by atoms with van der Waals surface area (Å²) in [5.74, 6) is 1.09. The molecule has 0 amide bonds. The first-order valence-corrected chi connectivity index (χ1v) is 6.49. The minimum atomic E-state index is -0.136. The third-order valence-corrected chi connectivity index (χ3v) is 3.48. The zero-order chi connectivity index (χ0) is 12.0. The van der Waals surface area contributed by atoms with Gasteiger partial charge in [0, 0.05) is 5.57 Å². The Balaban J connectivity index is 2.24. The normalized spacial score (nSPS) is 24.3. The smallest absolute Gasteiger partial charge is 0.333 e. The van der Waals surface area contributed by atoms with Crippen LogP contribution >= 0.6 is 0 Å². The van der Waals surface area contributed by atoms with Crippen molar-refractivity contribution < 1.29 is 9.53 Å². The molecular weight excluding hydrogens is 200 g/mol. The molecule has 0 unspecified atom stereocenters. The van der Waals surface area contributed by atoms with Gasteiger partial charge in [0.2, 0.25) is 0 Å². The van der Waals surface area contributed by atoms with Crippen LogP contribution in [0.3, 0.4) is 0 Å². The number of methoxy groups -OCH3 is 1. The second-order valence-corrected chi connectivity index (χ2v) is 4.69. The van der Waals surface area contributed by atoms with Crippen LogP contribution in [-0.4, -0.2) is 13.1 Å². The Labute approximate surface area is 99.1 Å². The Morgan fingerprint density at radius 1 is 1.38 bits per heavy atom. The summed E-state index contributed by atoms with van der Waals surface area (Å²) in [4.78, 5) is 11.5. The number of hydrogen-bond donors (Lipinski definition) is 0. The summed E-state index contributed by atoms with van der Waals surface area (Å²) in [6.07, 6.45) is 9.65. The number of allylic oxidation sites excluding steroid dienone is 1. The zero-order valence-electron chi connectivity index (χ0n) is 10.8. The molecule has 92 valence electrons. The number of esters is 1. The highest BCUT2D eigenvalue weighted by Gasteiger charge is 2.41. The molecule has 0 saturated heterocycles. The molecule has 1 fully saturated rings. The van der Waals surface area contributed by atoms with Gasteiger partial charge in [-0.25, -0.2) is 4.79 Å². The van der Waals surface area contributed by atoms with Gasteiger partial charge < -0.3 is 4.74 Å². The van der Waals surface area contributed by atoms with E-state index in [1.807, 2.05) is 13.0 Å². The van der Waals surface area contributed by atoms with E-state index in [-0.39, 0.29) is 5.97 Å². The lowest BCUT2D eigenvalue weighted by atomic mass is 10.1. The summed E-state index contributed by atoms with van der Waals surface area (Å²) in [5, 5.41) is 0. The molecule has 0 heterocycles. The predicted molar refractivity (Wildman–Crippen MR) is 66.1 cm³/mol. The van der Waals surface area contributed by atoms with Gasteiger partial charge in [0.15, 0.2) is 0 Å². The number of rotatable bonds is 7. The van der Waals surface area contributed by atoms with Crippen molar-refractivity contribution in [3.8, 4) is 0 Å². The molecule has 0 aromatic rings. The highest BCUT2D eigenvalue weighted by Crippen LogP contribution is 2.47. The molecule has 0 radical (unpaired) electrons. The summed E-state index contributed by atoms with van der Waals surface area (Å²) >= 11 is 0. The van der Waals surface area contributed by atoms with Crippen LogP contribution in [0.15, 0.2) is 11.6 Å². The average molecular weight is 224 g/mol. The maximum absolute atomic E-state index is 11.5. The Morgan fingerprint density at radius 2 is 2.12 bits per heavy atom. The lowest BCUT2D eigenvalue weighted by Gasteiger charge is -2.04. The minimum Gasteiger partial charge on any atom is -0.466 e. The third-order valence-electron chi connectivity index (χ3n) is 3.48. The molecule has 2 heteroatoms. The molecule has 2 atom stereocenters. The van der Waals surface area contributed by atoms with Crippen LogP contribution in [-0.2, 0) is 9.53 Å². The van der Waals surface area contributed by atoms with E-state index in [1.165, 1.54) is 45.6 Å². The first-order chi connectivity index (χ1) is 7.74. The predicted octanol–water partition coefficient (Wildman–Crippen LogP) is 3.71. The fourth-order valence-corrected chi connectivity index (χ4v) is 2.38. The molecule has 2 nitrogen and oxygen atoms in total. The molecule has 0 bridgehead atoms. The van der Waals surface area contributed by atoms with E-state index in [9.17, 15) is 4.79 Å². The van der Waals surface area contributed by atoms with Crippen LogP contribution in [0.5, 0.6) is 0 Å². The molecule has 1 saturated carbocycles. The monoisotopic (exact) mass is 224 g/mol. The van der Waals surface area contributed by atoms with Crippen molar-refractivity contribution in [1.29, 1.82) is 0 Å². The van der Waals surface area contributed by atoms with Gasteiger partial charge in [-0.2, -0.15) is 0 Å². The van der Waals surface area contributed by atoms with Crippen molar-refractivity contribution >= 4 is 5.97 Å². The second-order valence-electron chi connectivity index (χ2n) is 4.69. The van der Waals surface area contributed by atoms with Crippen molar-refractivity contribution in [3.05, 3.63) is 11.6 Å². The summed E-state index contributed by atoms with van der Waals surface area (Å²) in [6, 6.07) is 0. The summed E-state index contributed by atoms with van der Waals surface area (Å²) in [7, 11) is 1.46. The van der Waals surface area contributed by atoms with E-state index in [4.69, 9.17) is 4.74 Å². The van der Waals surface area contributed by atoms with E-state index in [2.05, 4.69) is 6.92 Å². The average Bonchev–Trinajstić information content (AvgIpc) is 3.05. The first kappa shape index (κ1) is 13.3. The highest BCUT2D eigenvalue weighted by atomic mass is 16.5. The maximum Gasteiger partial charge on any atom is 0.333 e. The molecule has 1 aliphatic carbocycles. The molecule has 1 rings (SSSR count). The zero-order valence-corrected chi connectivity index (χ0v) is 10.8. The van der Waals surface area contributed by atoms with Crippen molar-refractivity contribution in [1.82, 2.24) is 0 Å². The topological polar surface area (TPSA) is 26.3 Å². The number of unbranched alkanes of at least 4 members (excludes halogenated alkanes) is 3. The number of carbonyl (C=O) groups is 1. The van der Waals surface area contributed by atoms with E-state index in [1.54, 1.807) is 0 Å². The lowest BCUT2D eigenvalue weighted by Crippen LogP contribution is -2.07. The molecule has 0 aliphatic heterocycles. The molecular formula is C14H24O2. The van der Waals surface area contributed by atoms with E-state index >= 15 is 0 Å². The van der Waals surface area contributed by atoms with E-state index in [0.717, 1.165) is 11.5 Å². The quantitative estimate of drug-likeness (QED) is 0.374. The Hall–Kier alpha value is -0.790. The van der Waals surface area contributed by atoms with Gasteiger partial charge in [-0.1, -0.05) is 38.7 Å². The van der Waals surface area contributed by atoms with Crippen LogP contribution in [0, 0.1) is 11.8 Å². The summed E-state index contributed by atoms with van der Waals surface area (Å²) in [6.45, 7) is 4.16. The van der Waals surface area contributed by atoms with E-state index < -0.39 is 0 Å². The van der Waals surface area contributed by atoms with Gasteiger partial charge in [0.1, 0.15) is 0 Å². The van der Waals surface area contributed by atoms with Crippen LogP contribution in [0.2, 0.25) is 0 Å². The van der Waals surface area contributed by atoms with Crippen LogP contribution in [0.4, 0.5) is 0 Å². The fraction of sp³-hybridized carbons (Fsp3) is 0.786. The van der Waals surface area contributed by atoms with Crippen LogP contribution in [0.1, 0.15) is 52.4 Å². The van der Waals surface area contributed by atoms with Gasteiger partial charge in [0.05, 0.1) is 7.11 Å². The molecule has 16 heavy (non-hydrogen) atoms. The molecule has 0 spiro atoms. The van der Waals surface area contributed by atoms with Crippen molar-refractivity contribution in [2.45, 2.75) is 52.4 Å². The molecule has 0 aromatic heterocycles. The molecule has 0 N–H and O–H groups in total. The van der Waals surface area contributed by atoms with Crippen molar-refractivity contribution in [2.24, 2.45) is 11.8 Å². The summed E-state index contributed by atoms with van der Waals surface area (Å²) in [5.41, 5.74) is 0.892.